The third-order valence-corrected chi connectivity index (χ3v) is 6.11. The molecule has 0 atom stereocenters. The van der Waals surface area contributed by atoms with Gasteiger partial charge in [-0.05, 0) is 84.3 Å². The van der Waals surface area contributed by atoms with Crippen LogP contribution in [0.25, 0.3) is 22.3 Å². The molecule has 2 N–H and O–H groups in total. The predicted octanol–water partition coefficient (Wildman–Crippen LogP) is 6.68. The van der Waals surface area contributed by atoms with Crippen molar-refractivity contribution in [2.24, 2.45) is 5.16 Å². The van der Waals surface area contributed by atoms with Gasteiger partial charge in [0.15, 0.2) is 0 Å². The van der Waals surface area contributed by atoms with Crippen molar-refractivity contribution in [2.75, 3.05) is 0 Å². The van der Waals surface area contributed by atoms with Crippen LogP contribution in [0.5, 0.6) is 0 Å². The van der Waals surface area contributed by atoms with Crippen LogP contribution in [-0.2, 0) is 6.42 Å². The third kappa shape index (κ3) is 5.27. The van der Waals surface area contributed by atoms with E-state index in [1.165, 1.54) is 12.1 Å². The van der Waals surface area contributed by atoms with E-state index in [1.54, 1.807) is 12.3 Å². The number of pyridine rings is 1. The summed E-state index contributed by atoms with van der Waals surface area (Å²) in [5.74, 6) is -2.05. The van der Waals surface area contributed by atoms with Crippen LogP contribution >= 0.6 is 0 Å². The van der Waals surface area contributed by atoms with Gasteiger partial charge in [-0.25, -0.2) is 9.18 Å². The number of oxime groups is 1. The van der Waals surface area contributed by atoms with Gasteiger partial charge in [0.1, 0.15) is 5.82 Å². The summed E-state index contributed by atoms with van der Waals surface area (Å²) >= 11 is 0. The maximum Gasteiger partial charge on any atom is 0.338 e. The van der Waals surface area contributed by atoms with Gasteiger partial charge in [0, 0.05) is 17.5 Å². The first-order valence-corrected chi connectivity index (χ1v) is 11.2. The number of aromatic nitrogens is 1. The molecule has 4 aromatic rings. The number of carboxylic acid groups (broad SMARTS) is 1. The Bertz CT molecular complexity index is 1410. The summed E-state index contributed by atoms with van der Waals surface area (Å²) in [6, 6.07) is 21.7. The number of benzene rings is 3. The minimum Gasteiger partial charge on any atom is -0.478 e. The van der Waals surface area contributed by atoms with Crippen LogP contribution < -0.4 is 0 Å². The minimum absolute atomic E-state index is 0.348. The molecule has 6 heteroatoms. The lowest BCUT2D eigenvalue weighted by molar-refractivity contribution is 0.0692. The van der Waals surface area contributed by atoms with E-state index >= 15 is 0 Å². The fourth-order valence-electron chi connectivity index (χ4n) is 4.21. The molecule has 5 nitrogen and oxygen atoms in total. The number of carboxylic acids is 1. The van der Waals surface area contributed by atoms with Crippen LogP contribution in [-0.4, -0.2) is 27.0 Å². The Morgan fingerprint density at radius 1 is 0.914 bits per heavy atom. The Labute approximate surface area is 203 Å². The number of halogens is 1. The molecule has 0 saturated heterocycles. The van der Waals surface area contributed by atoms with Crippen molar-refractivity contribution < 1.29 is 19.5 Å². The largest absolute Gasteiger partial charge is 0.478 e. The van der Waals surface area contributed by atoms with Gasteiger partial charge in [-0.1, -0.05) is 53.7 Å². The predicted molar refractivity (Wildman–Crippen MR) is 135 cm³/mol. The number of hydrogen-bond donors (Lipinski definition) is 2. The third-order valence-electron chi connectivity index (χ3n) is 6.11. The molecule has 0 saturated carbocycles. The van der Waals surface area contributed by atoms with E-state index in [2.05, 4.69) is 10.1 Å². The van der Waals surface area contributed by atoms with Crippen LogP contribution in [0.4, 0.5) is 4.39 Å². The van der Waals surface area contributed by atoms with Gasteiger partial charge in [-0.15, -0.1) is 0 Å². The molecule has 35 heavy (non-hydrogen) atoms. The number of rotatable bonds is 7. The Hall–Kier alpha value is -4.32. The lowest BCUT2D eigenvalue weighted by atomic mass is 9.92. The van der Waals surface area contributed by atoms with Gasteiger partial charge in [-0.2, -0.15) is 0 Å². The highest BCUT2D eigenvalue weighted by molar-refractivity contribution is 6.03. The first-order valence-electron chi connectivity index (χ1n) is 11.2. The number of aryl methyl sites for hydroxylation is 2. The Balaban J connectivity index is 1.50. The number of nitrogens with zero attached hydrogens (tertiary/aromatic N) is 2. The molecule has 3 aromatic carbocycles. The SMILES string of the molecule is Cc1cc(-c2cccc(/C(CCc3ccc(-c4ccc(C(=O)O)c(F)c4)cc3)=N\O)c2C)ccn1. The molecule has 176 valence electrons. The van der Waals surface area contributed by atoms with Crippen molar-refractivity contribution in [2.45, 2.75) is 26.7 Å². The lowest BCUT2D eigenvalue weighted by Crippen LogP contribution is -2.06. The Kier molecular flexibility index (Phi) is 7.01. The van der Waals surface area contributed by atoms with Gasteiger partial charge >= 0.3 is 5.97 Å². The summed E-state index contributed by atoms with van der Waals surface area (Å²) in [7, 11) is 0. The molecule has 0 unspecified atom stereocenters. The second-order valence-corrected chi connectivity index (χ2v) is 8.41. The molecule has 1 aromatic heterocycles. The minimum atomic E-state index is -1.29. The van der Waals surface area contributed by atoms with E-state index in [4.69, 9.17) is 5.11 Å². The smallest absolute Gasteiger partial charge is 0.338 e. The molecule has 4 rings (SSSR count). The fourth-order valence-corrected chi connectivity index (χ4v) is 4.21. The van der Waals surface area contributed by atoms with Gasteiger partial charge in [0.05, 0.1) is 11.3 Å². The molecular formula is C29H25FN2O3. The zero-order valence-corrected chi connectivity index (χ0v) is 19.5. The van der Waals surface area contributed by atoms with Crippen LogP contribution in [0, 0.1) is 19.7 Å². The van der Waals surface area contributed by atoms with E-state index < -0.39 is 11.8 Å². The zero-order valence-electron chi connectivity index (χ0n) is 19.5. The molecule has 0 aliphatic carbocycles. The highest BCUT2D eigenvalue weighted by atomic mass is 19.1. The van der Waals surface area contributed by atoms with Gasteiger partial charge in [-0.3, -0.25) is 4.98 Å². The second kappa shape index (κ2) is 10.3. The summed E-state index contributed by atoms with van der Waals surface area (Å²) in [6.45, 7) is 3.98. The number of hydrogen-bond acceptors (Lipinski definition) is 4. The first-order chi connectivity index (χ1) is 16.9. The second-order valence-electron chi connectivity index (χ2n) is 8.41. The van der Waals surface area contributed by atoms with Crippen molar-refractivity contribution in [1.29, 1.82) is 0 Å². The summed E-state index contributed by atoms with van der Waals surface area (Å²) in [6.07, 6.45) is 2.98. The van der Waals surface area contributed by atoms with Crippen LogP contribution in [0.15, 0.2) is 84.1 Å². The maximum absolute atomic E-state index is 14.0. The summed E-state index contributed by atoms with van der Waals surface area (Å²) < 4.78 is 14.0. The van der Waals surface area contributed by atoms with E-state index in [1.807, 2.05) is 68.4 Å². The topological polar surface area (TPSA) is 82.8 Å². The summed E-state index contributed by atoms with van der Waals surface area (Å²) in [5.41, 5.74) is 7.69. The molecule has 0 bridgehead atoms. The molecule has 0 amide bonds. The highest BCUT2D eigenvalue weighted by Crippen LogP contribution is 2.28. The van der Waals surface area contributed by atoms with Gasteiger partial charge < -0.3 is 10.3 Å². The van der Waals surface area contributed by atoms with Crippen molar-refractivity contribution in [3.05, 3.63) is 113 Å². The average molecular weight is 469 g/mol. The molecule has 0 fully saturated rings. The molecule has 1 heterocycles. The number of carbonyl (C=O) groups is 1. The van der Waals surface area contributed by atoms with Gasteiger partial charge in [0.2, 0.25) is 0 Å². The zero-order chi connectivity index (χ0) is 24.9. The molecule has 0 aliphatic rings. The Morgan fingerprint density at radius 3 is 2.31 bits per heavy atom. The van der Waals surface area contributed by atoms with Crippen molar-refractivity contribution in [3.8, 4) is 22.3 Å². The van der Waals surface area contributed by atoms with Crippen LogP contribution in [0.2, 0.25) is 0 Å². The molecule has 0 spiro atoms. The maximum atomic E-state index is 14.0. The first kappa shape index (κ1) is 23.8. The van der Waals surface area contributed by atoms with E-state index in [9.17, 15) is 14.4 Å². The molecule has 0 aliphatic heterocycles. The van der Waals surface area contributed by atoms with E-state index in [-0.39, 0.29) is 5.56 Å². The quantitative estimate of drug-likeness (QED) is 0.180. The van der Waals surface area contributed by atoms with Crippen molar-refractivity contribution in [1.82, 2.24) is 4.98 Å². The summed E-state index contributed by atoms with van der Waals surface area (Å²) in [4.78, 5) is 15.3. The highest BCUT2D eigenvalue weighted by Gasteiger charge is 2.14. The normalized spacial score (nSPS) is 11.5. The standard InChI is InChI=1S/C29H25FN2O3/c1-18-16-23(14-15-31-18)24-4-3-5-25(19(24)2)28(32-35)13-8-20-6-9-21(10-7-20)22-11-12-26(29(33)34)27(30)17-22/h3-7,9-12,14-17,35H,8,13H2,1-2H3,(H,33,34)/b32-28-. The average Bonchev–Trinajstić information content (AvgIpc) is 2.85. The van der Waals surface area contributed by atoms with E-state index in [0.717, 1.165) is 39.1 Å². The fraction of sp³-hybridized carbons (Fsp3) is 0.138. The van der Waals surface area contributed by atoms with Crippen molar-refractivity contribution >= 4 is 11.7 Å². The lowest BCUT2D eigenvalue weighted by Gasteiger charge is -2.13. The molecular weight excluding hydrogens is 443 g/mol. The van der Waals surface area contributed by atoms with Crippen LogP contribution in [0.1, 0.15) is 39.2 Å². The van der Waals surface area contributed by atoms with Gasteiger partial charge in [0.25, 0.3) is 0 Å². The Morgan fingerprint density at radius 2 is 1.66 bits per heavy atom. The van der Waals surface area contributed by atoms with Crippen molar-refractivity contribution in [3.63, 3.8) is 0 Å². The monoisotopic (exact) mass is 468 g/mol. The molecule has 0 radical (unpaired) electrons. The number of aromatic carboxylic acids is 1. The van der Waals surface area contributed by atoms with Crippen LogP contribution in [0.3, 0.4) is 0 Å². The van der Waals surface area contributed by atoms with E-state index in [0.29, 0.717) is 24.1 Å². The summed E-state index contributed by atoms with van der Waals surface area (Å²) in [5, 5.41) is 22.4.